The maximum atomic E-state index is 12.4. The molecule has 106 valence electrons. The van der Waals surface area contributed by atoms with Gasteiger partial charge in [0.1, 0.15) is 5.75 Å². The van der Waals surface area contributed by atoms with E-state index in [1.54, 1.807) is 18.2 Å². The van der Waals surface area contributed by atoms with Crippen molar-refractivity contribution in [3.8, 4) is 5.75 Å². The lowest BCUT2D eigenvalue weighted by atomic mass is 10.1. The van der Waals surface area contributed by atoms with E-state index in [4.69, 9.17) is 0 Å². The lowest BCUT2D eigenvalue weighted by molar-refractivity contribution is -0.137. The summed E-state index contributed by atoms with van der Waals surface area (Å²) < 4.78 is 37.3. The average Bonchev–Trinajstić information content (AvgIpc) is 2.38. The topological polar surface area (TPSA) is 32.3 Å². The van der Waals surface area contributed by atoms with E-state index in [2.05, 4.69) is 5.32 Å². The van der Waals surface area contributed by atoms with Gasteiger partial charge in [-0.3, -0.25) is 0 Å². The Kier molecular flexibility index (Phi) is 3.88. The van der Waals surface area contributed by atoms with Gasteiger partial charge in [0.2, 0.25) is 0 Å². The highest BCUT2D eigenvalue weighted by Gasteiger charge is 2.29. The van der Waals surface area contributed by atoms with Crippen molar-refractivity contribution >= 4 is 5.69 Å². The lowest BCUT2D eigenvalue weighted by Crippen LogP contribution is -2.08. The lowest BCUT2D eigenvalue weighted by Gasteiger charge is -2.16. The quantitative estimate of drug-likeness (QED) is 0.862. The molecule has 2 nitrogen and oxygen atoms in total. The average molecular weight is 281 g/mol. The van der Waals surface area contributed by atoms with Crippen molar-refractivity contribution in [1.29, 1.82) is 0 Å². The minimum atomic E-state index is -4.32. The maximum absolute atomic E-state index is 12.4. The van der Waals surface area contributed by atoms with Crippen LogP contribution < -0.4 is 5.32 Å². The van der Waals surface area contributed by atoms with Crippen LogP contribution in [0.2, 0.25) is 0 Å². The molecule has 0 heterocycles. The van der Waals surface area contributed by atoms with Crippen LogP contribution in [0.25, 0.3) is 0 Å². The second-order valence-corrected chi connectivity index (χ2v) is 4.54. The third-order valence-electron chi connectivity index (χ3n) is 2.97. The Morgan fingerprint density at radius 2 is 1.70 bits per heavy atom. The van der Waals surface area contributed by atoms with Crippen molar-refractivity contribution in [2.24, 2.45) is 0 Å². The van der Waals surface area contributed by atoms with Crippen LogP contribution in [0.5, 0.6) is 5.75 Å². The molecule has 2 aromatic carbocycles. The van der Waals surface area contributed by atoms with E-state index in [-0.39, 0.29) is 11.8 Å². The number of alkyl halides is 3. The zero-order valence-corrected chi connectivity index (χ0v) is 10.8. The molecule has 0 amide bonds. The summed E-state index contributed by atoms with van der Waals surface area (Å²) in [5.74, 6) is 0.156. The molecule has 0 radical (unpaired) electrons. The minimum absolute atomic E-state index is 0.126. The van der Waals surface area contributed by atoms with E-state index in [1.807, 2.05) is 13.0 Å². The molecule has 0 saturated heterocycles. The smallest absolute Gasteiger partial charge is 0.416 e. The number of anilines is 1. The van der Waals surface area contributed by atoms with Gasteiger partial charge in [0.05, 0.1) is 5.56 Å². The van der Waals surface area contributed by atoms with Crippen molar-refractivity contribution in [1.82, 2.24) is 0 Å². The van der Waals surface area contributed by atoms with Gasteiger partial charge in [-0.25, -0.2) is 0 Å². The molecule has 1 atom stereocenters. The Morgan fingerprint density at radius 3 is 2.25 bits per heavy atom. The Balaban J connectivity index is 2.10. The van der Waals surface area contributed by atoms with Gasteiger partial charge < -0.3 is 10.4 Å². The van der Waals surface area contributed by atoms with Crippen LogP contribution in [0.1, 0.15) is 24.1 Å². The van der Waals surface area contributed by atoms with Gasteiger partial charge in [-0.1, -0.05) is 12.1 Å². The number of aromatic hydroxyl groups is 1. The van der Waals surface area contributed by atoms with Crippen molar-refractivity contribution in [3.05, 3.63) is 59.7 Å². The summed E-state index contributed by atoms with van der Waals surface area (Å²) in [6, 6.07) is 11.5. The molecule has 0 aliphatic carbocycles. The van der Waals surface area contributed by atoms with Gasteiger partial charge >= 0.3 is 6.18 Å². The summed E-state index contributed by atoms with van der Waals surface area (Å²) in [5, 5.41) is 12.5. The van der Waals surface area contributed by atoms with E-state index in [0.717, 1.165) is 17.7 Å². The molecule has 2 rings (SSSR count). The fourth-order valence-electron chi connectivity index (χ4n) is 1.88. The van der Waals surface area contributed by atoms with Gasteiger partial charge in [-0.15, -0.1) is 0 Å². The summed E-state index contributed by atoms with van der Waals surface area (Å²) in [7, 11) is 0. The number of halogens is 3. The second-order valence-electron chi connectivity index (χ2n) is 4.54. The number of hydrogen-bond donors (Lipinski definition) is 2. The van der Waals surface area contributed by atoms with E-state index in [0.29, 0.717) is 5.69 Å². The van der Waals surface area contributed by atoms with Crippen molar-refractivity contribution in [3.63, 3.8) is 0 Å². The molecule has 0 bridgehead atoms. The number of nitrogens with one attached hydrogen (secondary N) is 1. The van der Waals surface area contributed by atoms with Crippen molar-refractivity contribution in [2.75, 3.05) is 5.32 Å². The van der Waals surface area contributed by atoms with Crippen molar-refractivity contribution < 1.29 is 18.3 Å². The summed E-state index contributed by atoms with van der Waals surface area (Å²) in [5.41, 5.74) is 0.770. The molecule has 2 N–H and O–H groups in total. The zero-order valence-electron chi connectivity index (χ0n) is 10.8. The molecule has 0 aromatic heterocycles. The summed E-state index contributed by atoms with van der Waals surface area (Å²) in [6.07, 6.45) is -4.32. The minimum Gasteiger partial charge on any atom is -0.508 e. The van der Waals surface area contributed by atoms with Crippen LogP contribution in [0.3, 0.4) is 0 Å². The third-order valence-corrected chi connectivity index (χ3v) is 2.97. The van der Waals surface area contributed by atoms with Gasteiger partial charge in [-0.05, 0) is 48.9 Å². The van der Waals surface area contributed by atoms with E-state index in [1.165, 1.54) is 12.1 Å². The Labute approximate surface area is 114 Å². The van der Waals surface area contributed by atoms with Crippen LogP contribution in [-0.2, 0) is 6.18 Å². The highest BCUT2D eigenvalue weighted by atomic mass is 19.4. The first-order chi connectivity index (χ1) is 9.36. The highest BCUT2D eigenvalue weighted by Crippen LogP contribution is 2.30. The summed E-state index contributed by atoms with van der Waals surface area (Å²) in [6.45, 7) is 1.87. The second kappa shape index (κ2) is 5.45. The Morgan fingerprint density at radius 1 is 1.05 bits per heavy atom. The molecule has 0 fully saturated rings. The molecule has 0 saturated carbocycles. The van der Waals surface area contributed by atoms with Crippen molar-refractivity contribution in [2.45, 2.75) is 19.1 Å². The molecule has 20 heavy (non-hydrogen) atoms. The molecule has 0 aliphatic heterocycles. The van der Waals surface area contributed by atoms with Gasteiger partial charge in [0, 0.05) is 11.7 Å². The van der Waals surface area contributed by atoms with Crippen LogP contribution in [0.15, 0.2) is 48.5 Å². The fourth-order valence-corrected chi connectivity index (χ4v) is 1.88. The Bertz CT molecular complexity index is 578. The first-order valence-corrected chi connectivity index (χ1v) is 6.09. The fraction of sp³-hybridized carbons (Fsp3) is 0.200. The summed E-state index contributed by atoms with van der Waals surface area (Å²) in [4.78, 5) is 0. The zero-order chi connectivity index (χ0) is 14.8. The predicted octanol–water partition coefficient (Wildman–Crippen LogP) is 4.58. The van der Waals surface area contributed by atoms with Crippen LogP contribution in [0.4, 0.5) is 18.9 Å². The number of benzene rings is 2. The molecule has 0 aliphatic rings. The van der Waals surface area contributed by atoms with E-state index < -0.39 is 11.7 Å². The molecule has 2 aromatic rings. The van der Waals surface area contributed by atoms with Gasteiger partial charge in [-0.2, -0.15) is 13.2 Å². The number of phenols is 1. The monoisotopic (exact) mass is 281 g/mol. The van der Waals surface area contributed by atoms with Gasteiger partial charge in [0.15, 0.2) is 0 Å². The summed E-state index contributed by atoms with van der Waals surface area (Å²) >= 11 is 0. The molecule has 5 heteroatoms. The molecular weight excluding hydrogens is 267 g/mol. The number of hydrogen-bond acceptors (Lipinski definition) is 2. The molecule has 1 unspecified atom stereocenters. The first kappa shape index (κ1) is 14.2. The van der Waals surface area contributed by atoms with Crippen LogP contribution >= 0.6 is 0 Å². The van der Waals surface area contributed by atoms with E-state index >= 15 is 0 Å². The molecular formula is C15H14F3NO. The largest absolute Gasteiger partial charge is 0.508 e. The normalized spacial score (nSPS) is 13.0. The molecule has 0 spiro atoms. The first-order valence-electron chi connectivity index (χ1n) is 6.09. The van der Waals surface area contributed by atoms with Crippen LogP contribution in [0, 0.1) is 0 Å². The SMILES string of the molecule is CC(Nc1ccc(C(F)(F)F)cc1)c1cccc(O)c1. The van der Waals surface area contributed by atoms with Crippen LogP contribution in [-0.4, -0.2) is 5.11 Å². The highest BCUT2D eigenvalue weighted by molar-refractivity contribution is 5.47. The number of rotatable bonds is 3. The van der Waals surface area contributed by atoms with Gasteiger partial charge in [0.25, 0.3) is 0 Å². The maximum Gasteiger partial charge on any atom is 0.416 e. The third kappa shape index (κ3) is 3.44. The Hall–Kier alpha value is -2.17. The van der Waals surface area contributed by atoms with E-state index in [9.17, 15) is 18.3 Å². The number of phenolic OH excluding ortho intramolecular Hbond substituents is 1. The predicted molar refractivity (Wildman–Crippen MR) is 71.6 cm³/mol. The standard InChI is InChI=1S/C15H14F3NO/c1-10(11-3-2-4-14(20)9-11)19-13-7-5-12(6-8-13)15(16,17)18/h2-10,19-20H,1H3.